The van der Waals surface area contributed by atoms with E-state index in [-0.39, 0.29) is 10.9 Å². The van der Waals surface area contributed by atoms with Gasteiger partial charge in [0, 0.05) is 6.61 Å². The molecule has 1 radical (unpaired) electrons. The molecule has 0 spiro atoms. The highest BCUT2D eigenvalue weighted by molar-refractivity contribution is 8.23. The van der Waals surface area contributed by atoms with Gasteiger partial charge in [-0.3, -0.25) is 0 Å². The summed E-state index contributed by atoms with van der Waals surface area (Å²) in [6.45, 7) is 3.18. The Morgan fingerprint density at radius 3 is 1.89 bits per heavy atom. The monoisotopic (exact) mass is 283 g/mol. The SMILES string of the molecule is CCCCCCCCCCCCO[CH][SH]1C=CC=C1. The van der Waals surface area contributed by atoms with Crippen LogP contribution in [0.25, 0.3) is 0 Å². The van der Waals surface area contributed by atoms with Crippen LogP contribution < -0.4 is 0 Å². The maximum atomic E-state index is 5.59. The zero-order valence-corrected chi connectivity index (χ0v) is 13.4. The lowest BCUT2D eigenvalue weighted by atomic mass is 10.1. The maximum absolute atomic E-state index is 5.59. The van der Waals surface area contributed by atoms with Crippen LogP contribution in [0.3, 0.4) is 0 Å². The fourth-order valence-electron chi connectivity index (χ4n) is 2.23. The number of allylic oxidation sites excluding steroid dienone is 2. The zero-order valence-electron chi connectivity index (χ0n) is 12.5. The molecule has 1 heterocycles. The Labute approximate surface area is 122 Å². The molecular weight excluding hydrogens is 252 g/mol. The minimum absolute atomic E-state index is 0.191. The minimum atomic E-state index is -0.191. The predicted octanol–water partition coefficient (Wildman–Crippen LogP) is 6.09. The van der Waals surface area contributed by atoms with Crippen LogP contribution in [0.4, 0.5) is 0 Å². The van der Waals surface area contributed by atoms with E-state index in [0.717, 1.165) is 6.61 Å². The van der Waals surface area contributed by atoms with E-state index < -0.39 is 0 Å². The van der Waals surface area contributed by atoms with Crippen molar-refractivity contribution in [2.45, 2.75) is 71.1 Å². The molecule has 0 bridgehead atoms. The average molecular weight is 284 g/mol. The van der Waals surface area contributed by atoms with Gasteiger partial charge in [0.15, 0.2) is 0 Å². The summed E-state index contributed by atoms with van der Waals surface area (Å²) in [6, 6.07) is 0. The number of thiol groups is 1. The second-order valence-corrected chi connectivity index (χ2v) is 6.99. The van der Waals surface area contributed by atoms with Gasteiger partial charge in [0.25, 0.3) is 0 Å². The lowest BCUT2D eigenvalue weighted by Gasteiger charge is -2.09. The van der Waals surface area contributed by atoms with Gasteiger partial charge >= 0.3 is 0 Å². The van der Waals surface area contributed by atoms with Crippen molar-refractivity contribution in [2.75, 3.05) is 6.61 Å². The highest BCUT2D eigenvalue weighted by Crippen LogP contribution is 2.35. The molecule has 0 saturated heterocycles. The Balaban J connectivity index is 1.69. The van der Waals surface area contributed by atoms with Crippen LogP contribution >= 0.6 is 10.9 Å². The van der Waals surface area contributed by atoms with Crippen LogP contribution in [-0.4, -0.2) is 6.61 Å². The van der Waals surface area contributed by atoms with E-state index in [1.165, 1.54) is 64.2 Å². The Kier molecular flexibility index (Phi) is 11.4. The van der Waals surface area contributed by atoms with Gasteiger partial charge < -0.3 is 4.74 Å². The first kappa shape index (κ1) is 16.8. The fourth-order valence-corrected chi connectivity index (χ4v) is 3.34. The standard InChI is InChI=1S/C17H31OS/c1-2-3-4-5-6-7-8-9-10-11-14-18-17-19-15-12-13-16-19/h12-13,15-17,19H,2-11,14H2,1H3. The van der Waals surface area contributed by atoms with Crippen molar-refractivity contribution in [2.24, 2.45) is 0 Å². The van der Waals surface area contributed by atoms with Gasteiger partial charge in [-0.1, -0.05) is 76.9 Å². The third kappa shape index (κ3) is 10.3. The molecular formula is C17H31OS. The maximum Gasteiger partial charge on any atom is 0.126 e. The summed E-state index contributed by atoms with van der Waals surface area (Å²) >= 11 is 0. The third-order valence-corrected chi connectivity index (χ3v) is 4.86. The van der Waals surface area contributed by atoms with E-state index >= 15 is 0 Å². The number of rotatable bonds is 13. The smallest absolute Gasteiger partial charge is 0.126 e. The van der Waals surface area contributed by atoms with E-state index in [1.54, 1.807) is 0 Å². The molecule has 1 nitrogen and oxygen atoms in total. The van der Waals surface area contributed by atoms with Crippen LogP contribution in [0, 0.1) is 5.94 Å². The lowest BCUT2D eigenvalue weighted by Crippen LogP contribution is -1.91. The quantitative estimate of drug-likeness (QED) is 0.318. The summed E-state index contributed by atoms with van der Waals surface area (Å²) in [5.41, 5.74) is 0. The summed E-state index contributed by atoms with van der Waals surface area (Å²) in [5.74, 6) is 2.02. The fraction of sp³-hybridized carbons (Fsp3) is 0.706. The highest BCUT2D eigenvalue weighted by atomic mass is 32.2. The molecule has 0 unspecified atom stereocenters. The van der Waals surface area contributed by atoms with Crippen LogP contribution in [0.5, 0.6) is 0 Å². The van der Waals surface area contributed by atoms with Crippen molar-refractivity contribution < 1.29 is 4.74 Å². The molecule has 0 amide bonds. The predicted molar refractivity (Wildman–Crippen MR) is 89.4 cm³/mol. The first-order chi connectivity index (χ1) is 9.43. The van der Waals surface area contributed by atoms with Crippen LogP contribution in [-0.2, 0) is 4.74 Å². The molecule has 1 rings (SSSR count). The van der Waals surface area contributed by atoms with Crippen molar-refractivity contribution >= 4 is 10.9 Å². The van der Waals surface area contributed by atoms with E-state index in [4.69, 9.17) is 4.74 Å². The number of unbranched alkanes of at least 4 members (excludes halogenated alkanes) is 9. The summed E-state index contributed by atoms with van der Waals surface area (Å²) in [6.07, 6.45) is 18.0. The van der Waals surface area contributed by atoms with Crippen molar-refractivity contribution in [3.8, 4) is 0 Å². The zero-order chi connectivity index (χ0) is 13.6. The van der Waals surface area contributed by atoms with E-state index in [2.05, 4.69) is 29.9 Å². The molecule has 1 aliphatic rings. The van der Waals surface area contributed by atoms with E-state index in [1.807, 2.05) is 5.94 Å². The van der Waals surface area contributed by atoms with E-state index in [0.29, 0.717) is 0 Å². The lowest BCUT2D eigenvalue weighted by molar-refractivity contribution is 0.222. The van der Waals surface area contributed by atoms with Crippen molar-refractivity contribution in [1.29, 1.82) is 0 Å². The molecule has 2 heteroatoms. The molecule has 0 aromatic heterocycles. The summed E-state index contributed by atoms with van der Waals surface area (Å²) in [7, 11) is -0.191. The summed E-state index contributed by atoms with van der Waals surface area (Å²) in [4.78, 5) is 0. The molecule has 1 aliphatic heterocycles. The van der Waals surface area contributed by atoms with Crippen LogP contribution in [0.1, 0.15) is 71.1 Å². The van der Waals surface area contributed by atoms with Gasteiger partial charge in [0.2, 0.25) is 0 Å². The minimum Gasteiger partial charge on any atom is -0.365 e. The third-order valence-electron chi connectivity index (χ3n) is 3.44. The number of hydrogen-bond donors (Lipinski definition) is 1. The molecule has 0 saturated carbocycles. The Morgan fingerprint density at radius 1 is 0.789 bits per heavy atom. The van der Waals surface area contributed by atoms with Gasteiger partial charge in [-0.15, -0.1) is 0 Å². The van der Waals surface area contributed by atoms with Gasteiger partial charge in [-0.2, -0.15) is 10.9 Å². The Bertz CT molecular complexity index is 236. The molecule has 0 fully saturated rings. The first-order valence-corrected chi connectivity index (χ1v) is 9.56. The highest BCUT2D eigenvalue weighted by Gasteiger charge is 1.99. The molecule has 0 aromatic carbocycles. The van der Waals surface area contributed by atoms with Gasteiger partial charge in [-0.05, 0) is 17.2 Å². The number of ether oxygens (including phenoxy) is 1. The van der Waals surface area contributed by atoms with Crippen LogP contribution in [0.15, 0.2) is 23.0 Å². The van der Waals surface area contributed by atoms with E-state index in [9.17, 15) is 0 Å². The van der Waals surface area contributed by atoms with Crippen molar-refractivity contribution in [3.63, 3.8) is 0 Å². The topological polar surface area (TPSA) is 9.23 Å². The normalized spacial score (nSPS) is 15.5. The molecule has 111 valence electrons. The van der Waals surface area contributed by atoms with Gasteiger partial charge in [0.1, 0.15) is 5.94 Å². The molecule has 0 N–H and O–H groups in total. The average Bonchev–Trinajstić information content (AvgIpc) is 2.93. The molecule has 0 aliphatic carbocycles. The van der Waals surface area contributed by atoms with Gasteiger partial charge in [-0.25, -0.2) is 0 Å². The summed E-state index contributed by atoms with van der Waals surface area (Å²) in [5, 5.41) is 4.43. The first-order valence-electron chi connectivity index (χ1n) is 8.01. The van der Waals surface area contributed by atoms with Crippen molar-refractivity contribution in [3.05, 3.63) is 28.9 Å². The van der Waals surface area contributed by atoms with Crippen LogP contribution in [0.2, 0.25) is 0 Å². The Hall–Kier alpha value is -0.210. The van der Waals surface area contributed by atoms with Gasteiger partial charge in [0.05, 0.1) is 0 Å². The summed E-state index contributed by atoms with van der Waals surface area (Å²) < 4.78 is 5.59. The largest absolute Gasteiger partial charge is 0.365 e. The molecule has 0 atom stereocenters. The second kappa shape index (κ2) is 12.8. The number of hydrogen-bond acceptors (Lipinski definition) is 1. The van der Waals surface area contributed by atoms with Crippen molar-refractivity contribution in [1.82, 2.24) is 0 Å². The molecule has 0 aromatic rings. The Morgan fingerprint density at radius 2 is 1.32 bits per heavy atom. The second-order valence-electron chi connectivity index (χ2n) is 5.29. The molecule has 19 heavy (non-hydrogen) atoms.